The van der Waals surface area contributed by atoms with Crippen LogP contribution in [0.3, 0.4) is 0 Å². The van der Waals surface area contributed by atoms with Crippen LogP contribution in [0.4, 0.5) is 0 Å². The third-order valence-corrected chi connectivity index (χ3v) is 1.97. The highest BCUT2D eigenvalue weighted by Gasteiger charge is 2.13. The second-order valence-corrected chi connectivity index (χ2v) is 2.83. The quantitative estimate of drug-likeness (QED) is 0.697. The molecule has 0 aliphatic carbocycles. The average Bonchev–Trinajstić information content (AvgIpc) is 2.17. The summed E-state index contributed by atoms with van der Waals surface area (Å²) in [7, 11) is 0. The van der Waals surface area contributed by atoms with E-state index in [1.807, 2.05) is 6.92 Å². The second kappa shape index (κ2) is 3.84. The number of rotatable bonds is 2. The number of carbonyl (C=O) groups is 1. The van der Waals surface area contributed by atoms with E-state index in [-0.39, 0.29) is 11.3 Å². The molecule has 0 aromatic heterocycles. The number of aryl methyl sites for hydroxylation is 1. The van der Waals surface area contributed by atoms with E-state index in [0.29, 0.717) is 17.5 Å². The monoisotopic (exact) mass is 190 g/mol. The van der Waals surface area contributed by atoms with Crippen molar-refractivity contribution in [1.82, 2.24) is 0 Å². The number of aromatic carboxylic acids is 1. The number of carboxylic acids is 1. The lowest BCUT2D eigenvalue weighted by molar-refractivity contribution is 0.0693. The van der Waals surface area contributed by atoms with Crippen LogP contribution in [-0.2, 0) is 6.42 Å². The van der Waals surface area contributed by atoms with Gasteiger partial charge in [0, 0.05) is 5.56 Å². The Labute approximate surface area is 82.0 Å². The zero-order valence-corrected chi connectivity index (χ0v) is 7.74. The summed E-state index contributed by atoms with van der Waals surface area (Å²) in [5.74, 6) is 0.982. The van der Waals surface area contributed by atoms with Crippen LogP contribution in [0.5, 0.6) is 5.75 Å². The molecule has 0 saturated heterocycles. The fraction of sp³-hybridized carbons (Fsp3) is 0.182. The highest BCUT2D eigenvalue weighted by molar-refractivity contribution is 5.91. The Morgan fingerprint density at radius 3 is 2.64 bits per heavy atom. The summed E-state index contributed by atoms with van der Waals surface area (Å²) in [6.45, 7) is 1.82. The molecular formula is C11H10O3. The predicted molar refractivity (Wildman–Crippen MR) is 52.4 cm³/mol. The Balaban J connectivity index is 3.44. The summed E-state index contributed by atoms with van der Waals surface area (Å²) >= 11 is 0. The Bertz CT molecular complexity index is 413. The lowest BCUT2D eigenvalue weighted by Crippen LogP contribution is -2.00. The molecule has 0 radical (unpaired) electrons. The molecule has 72 valence electrons. The predicted octanol–water partition coefficient (Wildman–Crippen LogP) is 1.63. The van der Waals surface area contributed by atoms with Gasteiger partial charge in [-0.25, -0.2) is 4.79 Å². The van der Waals surface area contributed by atoms with Gasteiger partial charge in [0.2, 0.25) is 0 Å². The molecule has 0 amide bonds. The van der Waals surface area contributed by atoms with Crippen LogP contribution in [0, 0.1) is 12.3 Å². The maximum Gasteiger partial charge on any atom is 0.339 e. The molecule has 0 atom stereocenters. The Morgan fingerprint density at radius 1 is 1.57 bits per heavy atom. The Morgan fingerprint density at radius 2 is 2.21 bits per heavy atom. The van der Waals surface area contributed by atoms with Gasteiger partial charge in [-0.15, -0.1) is 6.42 Å². The molecule has 1 aromatic carbocycles. The topological polar surface area (TPSA) is 57.5 Å². The molecule has 3 heteroatoms. The lowest BCUT2D eigenvalue weighted by atomic mass is 10.0. The van der Waals surface area contributed by atoms with Crippen LogP contribution in [0.1, 0.15) is 28.4 Å². The standard InChI is InChI=1S/C11H10O3/c1-3-7-5-8(4-2)10(12)9(6-7)11(13)14/h1,5-6,12H,4H2,2H3,(H,13,14). The summed E-state index contributed by atoms with van der Waals surface area (Å²) in [6, 6.07) is 2.90. The lowest BCUT2D eigenvalue weighted by Gasteiger charge is -2.06. The van der Waals surface area contributed by atoms with Gasteiger partial charge in [-0.1, -0.05) is 12.8 Å². The number of benzene rings is 1. The maximum atomic E-state index is 10.7. The van der Waals surface area contributed by atoms with Crippen molar-refractivity contribution < 1.29 is 15.0 Å². The van der Waals surface area contributed by atoms with Crippen LogP contribution in [0.2, 0.25) is 0 Å². The van der Waals surface area contributed by atoms with Crippen molar-refractivity contribution in [3.05, 3.63) is 28.8 Å². The minimum Gasteiger partial charge on any atom is -0.507 e. The van der Waals surface area contributed by atoms with Gasteiger partial charge in [-0.3, -0.25) is 0 Å². The molecule has 1 aromatic rings. The third kappa shape index (κ3) is 1.69. The molecule has 0 saturated carbocycles. The van der Waals surface area contributed by atoms with E-state index in [1.165, 1.54) is 6.07 Å². The molecule has 1 rings (SSSR count). The van der Waals surface area contributed by atoms with E-state index >= 15 is 0 Å². The first kappa shape index (κ1) is 10.1. The van der Waals surface area contributed by atoms with Gasteiger partial charge in [-0.05, 0) is 24.1 Å². The van der Waals surface area contributed by atoms with Crippen molar-refractivity contribution in [3.8, 4) is 18.1 Å². The molecule has 0 spiro atoms. The smallest absolute Gasteiger partial charge is 0.339 e. The minimum absolute atomic E-state index is 0.141. The molecule has 14 heavy (non-hydrogen) atoms. The van der Waals surface area contributed by atoms with E-state index in [4.69, 9.17) is 11.5 Å². The van der Waals surface area contributed by atoms with Crippen molar-refractivity contribution >= 4 is 5.97 Å². The number of hydrogen-bond donors (Lipinski definition) is 2. The number of phenols is 1. The summed E-state index contributed by atoms with van der Waals surface area (Å²) in [6.07, 6.45) is 5.71. The van der Waals surface area contributed by atoms with Gasteiger partial charge < -0.3 is 10.2 Å². The fourth-order valence-corrected chi connectivity index (χ4v) is 1.21. The Kier molecular flexibility index (Phi) is 2.78. The van der Waals surface area contributed by atoms with Crippen LogP contribution in [-0.4, -0.2) is 16.2 Å². The van der Waals surface area contributed by atoms with Crippen molar-refractivity contribution in [1.29, 1.82) is 0 Å². The van der Waals surface area contributed by atoms with Gasteiger partial charge in [0.15, 0.2) is 0 Å². The maximum absolute atomic E-state index is 10.7. The third-order valence-electron chi connectivity index (χ3n) is 1.97. The minimum atomic E-state index is -1.17. The number of hydrogen-bond acceptors (Lipinski definition) is 2. The van der Waals surface area contributed by atoms with Gasteiger partial charge >= 0.3 is 5.97 Å². The summed E-state index contributed by atoms with van der Waals surface area (Å²) in [5, 5.41) is 18.3. The van der Waals surface area contributed by atoms with Gasteiger partial charge in [-0.2, -0.15) is 0 Å². The zero-order valence-electron chi connectivity index (χ0n) is 7.74. The van der Waals surface area contributed by atoms with Gasteiger partial charge in [0.05, 0.1) is 0 Å². The van der Waals surface area contributed by atoms with Crippen molar-refractivity contribution in [2.75, 3.05) is 0 Å². The summed E-state index contributed by atoms with van der Waals surface area (Å²) in [4.78, 5) is 10.7. The average molecular weight is 190 g/mol. The molecule has 0 fully saturated rings. The van der Waals surface area contributed by atoms with Gasteiger partial charge in [0.1, 0.15) is 11.3 Å². The first-order valence-corrected chi connectivity index (χ1v) is 4.16. The molecule has 2 N–H and O–H groups in total. The number of carboxylic acid groups (broad SMARTS) is 1. The Hall–Kier alpha value is -1.95. The van der Waals surface area contributed by atoms with E-state index in [9.17, 15) is 9.90 Å². The van der Waals surface area contributed by atoms with Crippen LogP contribution in [0.15, 0.2) is 12.1 Å². The zero-order chi connectivity index (χ0) is 10.7. The van der Waals surface area contributed by atoms with Gasteiger partial charge in [0.25, 0.3) is 0 Å². The van der Waals surface area contributed by atoms with Crippen LogP contribution >= 0.6 is 0 Å². The van der Waals surface area contributed by atoms with E-state index in [2.05, 4.69) is 5.92 Å². The molecule has 0 bridgehead atoms. The number of aromatic hydroxyl groups is 1. The number of terminal acetylenes is 1. The molecule has 3 nitrogen and oxygen atoms in total. The highest BCUT2D eigenvalue weighted by atomic mass is 16.4. The molecule has 0 aliphatic heterocycles. The SMILES string of the molecule is C#Cc1cc(CC)c(O)c(C(=O)O)c1. The van der Waals surface area contributed by atoms with E-state index < -0.39 is 5.97 Å². The summed E-state index contributed by atoms with van der Waals surface area (Å²) < 4.78 is 0. The normalized spacial score (nSPS) is 9.43. The van der Waals surface area contributed by atoms with Crippen molar-refractivity contribution in [2.45, 2.75) is 13.3 Å². The van der Waals surface area contributed by atoms with E-state index in [0.717, 1.165) is 0 Å². The fourth-order valence-electron chi connectivity index (χ4n) is 1.21. The molecule has 0 aliphatic rings. The molecular weight excluding hydrogens is 180 g/mol. The molecule has 0 unspecified atom stereocenters. The molecule has 0 heterocycles. The van der Waals surface area contributed by atoms with Crippen LogP contribution < -0.4 is 0 Å². The van der Waals surface area contributed by atoms with Crippen molar-refractivity contribution in [2.24, 2.45) is 0 Å². The van der Waals surface area contributed by atoms with Crippen molar-refractivity contribution in [3.63, 3.8) is 0 Å². The first-order valence-electron chi connectivity index (χ1n) is 4.16. The van der Waals surface area contributed by atoms with Crippen LogP contribution in [0.25, 0.3) is 0 Å². The first-order chi connectivity index (χ1) is 6.60. The highest BCUT2D eigenvalue weighted by Crippen LogP contribution is 2.24. The van der Waals surface area contributed by atoms with E-state index in [1.54, 1.807) is 6.07 Å². The largest absolute Gasteiger partial charge is 0.507 e. The second-order valence-electron chi connectivity index (χ2n) is 2.83. The summed E-state index contributed by atoms with van der Waals surface area (Å²) in [5.41, 5.74) is 0.882.